The van der Waals surface area contributed by atoms with Gasteiger partial charge < -0.3 is 21.5 Å². The average molecular weight is 360 g/mol. The number of carbonyl (C=O) groups is 1. The van der Waals surface area contributed by atoms with Crippen LogP contribution in [0.15, 0.2) is 12.1 Å². The Labute approximate surface area is 146 Å². The summed E-state index contributed by atoms with van der Waals surface area (Å²) in [6, 6.07) is 2.67. The minimum Gasteiger partial charge on any atom is -0.508 e. The predicted octanol–water partition coefficient (Wildman–Crippen LogP) is 2.67. The van der Waals surface area contributed by atoms with Gasteiger partial charge in [-0.3, -0.25) is 4.79 Å². The van der Waals surface area contributed by atoms with Crippen molar-refractivity contribution in [2.24, 2.45) is 17.4 Å². The number of carbonyl (C=O) groups excluding carboxylic acids is 1. The number of nitrogens with two attached hydrogens (primary N) is 2. The van der Waals surface area contributed by atoms with Crippen molar-refractivity contribution in [3.63, 3.8) is 0 Å². The lowest BCUT2D eigenvalue weighted by Crippen LogP contribution is -2.53. The Morgan fingerprint density at radius 3 is 2.35 bits per heavy atom. The second-order valence-corrected chi connectivity index (χ2v) is 7.52. The SMILES string of the molecule is CC(C)(N)C(=O)N1CCC([C@@H](N)c2cc(Cl)c(Cl)cc2O)CC1. The van der Waals surface area contributed by atoms with E-state index in [1.165, 1.54) is 6.07 Å². The lowest BCUT2D eigenvalue weighted by molar-refractivity contribution is -0.137. The van der Waals surface area contributed by atoms with E-state index in [9.17, 15) is 9.90 Å². The molecule has 5 N–H and O–H groups in total. The highest BCUT2D eigenvalue weighted by atomic mass is 35.5. The molecule has 1 aliphatic heterocycles. The monoisotopic (exact) mass is 359 g/mol. The normalized spacial score (nSPS) is 18.1. The summed E-state index contributed by atoms with van der Waals surface area (Å²) in [6.07, 6.45) is 1.51. The van der Waals surface area contributed by atoms with Crippen LogP contribution in [0.3, 0.4) is 0 Å². The molecule has 1 atom stereocenters. The number of aromatic hydroxyl groups is 1. The third-order valence-corrected chi connectivity index (χ3v) is 5.04. The van der Waals surface area contributed by atoms with Crippen LogP contribution in [-0.2, 0) is 4.79 Å². The Kier molecular flexibility index (Phi) is 5.46. The Hall–Kier alpha value is -1.01. The van der Waals surface area contributed by atoms with Crippen LogP contribution >= 0.6 is 23.2 Å². The van der Waals surface area contributed by atoms with Crippen molar-refractivity contribution >= 4 is 29.1 Å². The fourth-order valence-electron chi connectivity index (χ4n) is 2.94. The summed E-state index contributed by atoms with van der Waals surface area (Å²) >= 11 is 11.9. The molecule has 1 heterocycles. The van der Waals surface area contributed by atoms with Crippen molar-refractivity contribution < 1.29 is 9.90 Å². The molecule has 0 aliphatic carbocycles. The Bertz CT molecular complexity index is 594. The van der Waals surface area contributed by atoms with Crippen LogP contribution in [-0.4, -0.2) is 34.5 Å². The van der Waals surface area contributed by atoms with E-state index in [0.29, 0.717) is 28.7 Å². The molecule has 0 spiro atoms. The van der Waals surface area contributed by atoms with Crippen molar-refractivity contribution in [1.29, 1.82) is 0 Å². The molecule has 1 saturated heterocycles. The van der Waals surface area contributed by atoms with Crippen LogP contribution in [0.25, 0.3) is 0 Å². The number of piperidine rings is 1. The van der Waals surface area contributed by atoms with Crippen LogP contribution in [0.5, 0.6) is 5.75 Å². The Morgan fingerprint density at radius 2 is 1.83 bits per heavy atom. The number of hydrogen-bond donors (Lipinski definition) is 3. The Morgan fingerprint density at radius 1 is 1.30 bits per heavy atom. The first kappa shape index (κ1) is 18.3. The van der Waals surface area contributed by atoms with E-state index in [0.717, 1.165) is 12.8 Å². The first-order valence-electron chi connectivity index (χ1n) is 7.63. The number of amides is 1. The number of nitrogens with zero attached hydrogens (tertiary/aromatic N) is 1. The summed E-state index contributed by atoms with van der Waals surface area (Å²) < 4.78 is 0. The van der Waals surface area contributed by atoms with Gasteiger partial charge in [0.1, 0.15) is 5.75 Å². The molecule has 1 aromatic carbocycles. The van der Waals surface area contributed by atoms with Gasteiger partial charge >= 0.3 is 0 Å². The van der Waals surface area contributed by atoms with E-state index in [1.54, 1.807) is 24.8 Å². The number of halogens is 2. The molecule has 0 radical (unpaired) electrons. The molecule has 2 rings (SSSR count). The summed E-state index contributed by atoms with van der Waals surface area (Å²) in [6.45, 7) is 4.64. The van der Waals surface area contributed by atoms with Gasteiger partial charge in [-0.15, -0.1) is 0 Å². The number of rotatable bonds is 3. The molecule has 0 saturated carbocycles. The zero-order chi connectivity index (χ0) is 17.4. The largest absolute Gasteiger partial charge is 0.508 e. The highest BCUT2D eigenvalue weighted by molar-refractivity contribution is 6.42. The van der Waals surface area contributed by atoms with Gasteiger partial charge in [-0.2, -0.15) is 0 Å². The molecule has 0 bridgehead atoms. The summed E-state index contributed by atoms with van der Waals surface area (Å²) in [5.74, 6) is 0.151. The molecule has 1 fully saturated rings. The molecule has 0 unspecified atom stereocenters. The van der Waals surface area contributed by atoms with E-state index in [-0.39, 0.29) is 23.6 Å². The second kappa shape index (κ2) is 6.85. The fourth-order valence-corrected chi connectivity index (χ4v) is 3.27. The fraction of sp³-hybridized carbons (Fsp3) is 0.562. The first-order valence-corrected chi connectivity index (χ1v) is 8.38. The zero-order valence-corrected chi connectivity index (χ0v) is 14.9. The third kappa shape index (κ3) is 4.10. The molecule has 5 nitrogen and oxygen atoms in total. The molecule has 23 heavy (non-hydrogen) atoms. The first-order chi connectivity index (χ1) is 10.6. The molecule has 1 aromatic rings. The lowest BCUT2D eigenvalue weighted by Gasteiger charge is -2.37. The van der Waals surface area contributed by atoms with Crippen molar-refractivity contribution in [1.82, 2.24) is 4.90 Å². The van der Waals surface area contributed by atoms with Crippen molar-refractivity contribution in [2.75, 3.05) is 13.1 Å². The average Bonchev–Trinajstić information content (AvgIpc) is 2.49. The number of hydrogen-bond acceptors (Lipinski definition) is 4. The van der Waals surface area contributed by atoms with E-state index in [1.807, 2.05) is 0 Å². The van der Waals surface area contributed by atoms with Crippen LogP contribution in [0.4, 0.5) is 0 Å². The van der Waals surface area contributed by atoms with Crippen LogP contribution < -0.4 is 11.5 Å². The van der Waals surface area contributed by atoms with Gasteiger partial charge in [0.2, 0.25) is 5.91 Å². The van der Waals surface area contributed by atoms with Gasteiger partial charge in [-0.05, 0) is 38.7 Å². The molecule has 1 aliphatic rings. The smallest absolute Gasteiger partial charge is 0.242 e. The van der Waals surface area contributed by atoms with Crippen molar-refractivity contribution in [2.45, 2.75) is 38.3 Å². The summed E-state index contributed by atoms with van der Waals surface area (Å²) in [5, 5.41) is 10.7. The van der Waals surface area contributed by atoms with E-state index in [2.05, 4.69) is 0 Å². The number of phenolic OH excluding ortho intramolecular Hbond substituents is 1. The van der Waals surface area contributed by atoms with E-state index >= 15 is 0 Å². The maximum absolute atomic E-state index is 12.2. The van der Waals surface area contributed by atoms with Crippen LogP contribution in [0, 0.1) is 5.92 Å². The van der Waals surface area contributed by atoms with Crippen LogP contribution in [0.2, 0.25) is 10.0 Å². The number of likely N-dealkylation sites (tertiary alicyclic amines) is 1. The predicted molar refractivity (Wildman–Crippen MR) is 92.6 cm³/mol. The Balaban J connectivity index is 2.06. The molecule has 7 heteroatoms. The summed E-state index contributed by atoms with van der Waals surface area (Å²) in [7, 11) is 0. The molecule has 0 aromatic heterocycles. The molecule has 128 valence electrons. The highest BCUT2D eigenvalue weighted by Gasteiger charge is 2.33. The summed E-state index contributed by atoms with van der Waals surface area (Å²) in [4.78, 5) is 14.0. The summed E-state index contributed by atoms with van der Waals surface area (Å²) in [5.41, 5.74) is 11.9. The molecule has 1 amide bonds. The quantitative estimate of drug-likeness (QED) is 0.773. The standard InChI is InChI=1S/C16H23Cl2N3O2/c1-16(2,20)15(23)21-5-3-9(4-6-21)14(19)10-7-11(17)12(18)8-13(10)22/h7-9,14,22H,3-6,19-20H2,1-2H3/t14-/m1/s1. The van der Waals surface area contributed by atoms with Gasteiger partial charge in [0.15, 0.2) is 0 Å². The number of phenols is 1. The van der Waals surface area contributed by atoms with Gasteiger partial charge in [0.05, 0.1) is 15.6 Å². The third-order valence-electron chi connectivity index (χ3n) is 4.31. The zero-order valence-electron chi connectivity index (χ0n) is 13.4. The van der Waals surface area contributed by atoms with E-state index < -0.39 is 5.54 Å². The lowest BCUT2D eigenvalue weighted by atomic mass is 9.85. The van der Waals surface area contributed by atoms with Gasteiger partial charge in [0.25, 0.3) is 0 Å². The van der Waals surface area contributed by atoms with E-state index in [4.69, 9.17) is 34.7 Å². The second-order valence-electron chi connectivity index (χ2n) is 6.70. The molecular weight excluding hydrogens is 337 g/mol. The molecular formula is C16H23Cl2N3O2. The maximum Gasteiger partial charge on any atom is 0.242 e. The minimum absolute atomic E-state index is 0.0495. The van der Waals surface area contributed by atoms with Crippen molar-refractivity contribution in [3.05, 3.63) is 27.7 Å². The van der Waals surface area contributed by atoms with Gasteiger partial charge in [0, 0.05) is 30.8 Å². The minimum atomic E-state index is -0.864. The number of benzene rings is 1. The van der Waals surface area contributed by atoms with Gasteiger partial charge in [-0.25, -0.2) is 0 Å². The highest BCUT2D eigenvalue weighted by Crippen LogP contribution is 2.37. The van der Waals surface area contributed by atoms with Crippen LogP contribution in [0.1, 0.15) is 38.3 Å². The maximum atomic E-state index is 12.2. The van der Waals surface area contributed by atoms with Crippen molar-refractivity contribution in [3.8, 4) is 5.75 Å². The van der Waals surface area contributed by atoms with Gasteiger partial charge in [-0.1, -0.05) is 23.2 Å². The topological polar surface area (TPSA) is 92.6 Å².